The van der Waals surface area contributed by atoms with Gasteiger partial charge in [-0.2, -0.15) is 10.2 Å². The molecule has 2 N–H and O–H groups in total. The highest BCUT2D eigenvalue weighted by Crippen LogP contribution is 1.98. The van der Waals surface area contributed by atoms with Crippen molar-refractivity contribution in [3.8, 4) is 0 Å². The smallest absolute Gasteiger partial charge is 0.306 e. The van der Waals surface area contributed by atoms with Crippen LogP contribution in [0.4, 0.5) is 0 Å². The Balaban J connectivity index is 2.44. The summed E-state index contributed by atoms with van der Waals surface area (Å²) in [5.41, 5.74) is 0.366. The molecule has 1 aromatic heterocycles. The summed E-state index contributed by atoms with van der Waals surface area (Å²) in [6.07, 6.45) is 2.02. The first-order valence-corrected chi connectivity index (χ1v) is 4.93. The molecule has 0 aromatic carbocycles. The first-order valence-electron chi connectivity index (χ1n) is 4.93. The summed E-state index contributed by atoms with van der Waals surface area (Å²) in [6, 6.07) is 1.52. The lowest BCUT2D eigenvalue weighted by Gasteiger charge is -2.13. The van der Waals surface area contributed by atoms with Crippen molar-refractivity contribution < 1.29 is 19.4 Å². The molecule has 1 amide bonds. The maximum absolute atomic E-state index is 11.6. The molecule has 1 aromatic rings. The number of aromatic nitrogens is 2. The third kappa shape index (κ3) is 4.56. The van der Waals surface area contributed by atoms with Gasteiger partial charge >= 0.3 is 5.97 Å². The molecule has 1 heterocycles. The predicted molar refractivity (Wildman–Crippen MR) is 57.4 cm³/mol. The predicted octanol–water partition coefficient (Wildman–Crippen LogP) is -0.304. The van der Waals surface area contributed by atoms with Gasteiger partial charge in [0, 0.05) is 13.7 Å². The molecule has 1 rings (SSSR count). The van der Waals surface area contributed by atoms with Crippen LogP contribution >= 0.6 is 0 Å². The Morgan fingerprint density at radius 1 is 1.53 bits per heavy atom. The number of rotatable bonds is 6. The number of methoxy groups -OCH3 is 1. The van der Waals surface area contributed by atoms with Crippen LogP contribution in [0.15, 0.2) is 18.5 Å². The minimum absolute atomic E-state index is 0.129. The van der Waals surface area contributed by atoms with Crippen molar-refractivity contribution in [2.24, 2.45) is 0 Å². The van der Waals surface area contributed by atoms with Gasteiger partial charge in [0.1, 0.15) is 0 Å². The fraction of sp³-hybridized carbons (Fsp3) is 0.400. The number of carboxylic acids is 1. The zero-order valence-corrected chi connectivity index (χ0v) is 9.29. The molecule has 0 spiro atoms. The van der Waals surface area contributed by atoms with Gasteiger partial charge in [-0.15, -0.1) is 0 Å². The molecule has 0 aliphatic carbocycles. The summed E-state index contributed by atoms with van der Waals surface area (Å²) in [5.74, 6) is -1.32. The number of hydrogen-bond donors (Lipinski definition) is 2. The van der Waals surface area contributed by atoms with E-state index in [1.807, 2.05) is 0 Å². The number of nitrogens with zero attached hydrogens (tertiary/aromatic N) is 2. The molecule has 0 saturated carbocycles. The van der Waals surface area contributed by atoms with Crippen molar-refractivity contribution in [2.75, 3.05) is 13.7 Å². The summed E-state index contributed by atoms with van der Waals surface area (Å²) >= 11 is 0. The second-order valence-corrected chi connectivity index (χ2v) is 3.30. The van der Waals surface area contributed by atoms with Crippen molar-refractivity contribution in [3.05, 3.63) is 24.0 Å². The van der Waals surface area contributed by atoms with Crippen molar-refractivity contribution in [1.82, 2.24) is 15.5 Å². The molecule has 1 unspecified atom stereocenters. The van der Waals surface area contributed by atoms with E-state index in [-0.39, 0.29) is 18.9 Å². The monoisotopic (exact) mass is 239 g/mol. The normalized spacial score (nSPS) is 11.8. The highest BCUT2D eigenvalue weighted by molar-refractivity contribution is 5.93. The number of nitrogens with one attached hydrogen (secondary N) is 1. The number of carbonyl (C=O) groups is 2. The summed E-state index contributed by atoms with van der Waals surface area (Å²) in [6.45, 7) is 0.129. The van der Waals surface area contributed by atoms with E-state index >= 15 is 0 Å². The largest absolute Gasteiger partial charge is 0.481 e. The first kappa shape index (κ1) is 13.0. The van der Waals surface area contributed by atoms with Crippen LogP contribution in [0.2, 0.25) is 0 Å². The molecule has 0 aliphatic heterocycles. The fourth-order valence-electron chi connectivity index (χ4n) is 1.17. The average Bonchev–Trinajstić information content (AvgIpc) is 2.34. The molecular weight excluding hydrogens is 226 g/mol. The maximum atomic E-state index is 11.6. The molecule has 0 saturated heterocycles. The minimum Gasteiger partial charge on any atom is -0.481 e. The van der Waals surface area contributed by atoms with Crippen LogP contribution in [0.5, 0.6) is 0 Å². The molecule has 0 aliphatic rings. The summed E-state index contributed by atoms with van der Waals surface area (Å²) in [5, 5.41) is 18.3. The Bertz CT molecular complexity index is 382. The summed E-state index contributed by atoms with van der Waals surface area (Å²) in [4.78, 5) is 22.0. The average molecular weight is 239 g/mol. The van der Waals surface area contributed by atoms with Crippen LogP contribution < -0.4 is 5.32 Å². The van der Waals surface area contributed by atoms with Crippen molar-refractivity contribution in [3.63, 3.8) is 0 Å². The molecule has 0 fully saturated rings. The third-order valence-electron chi connectivity index (χ3n) is 2.07. The fourth-order valence-corrected chi connectivity index (χ4v) is 1.17. The Kier molecular flexibility index (Phi) is 5.02. The van der Waals surface area contributed by atoms with Crippen LogP contribution in [0.1, 0.15) is 16.8 Å². The van der Waals surface area contributed by atoms with E-state index in [1.165, 1.54) is 25.6 Å². The van der Waals surface area contributed by atoms with Gasteiger partial charge < -0.3 is 15.2 Å². The van der Waals surface area contributed by atoms with E-state index in [9.17, 15) is 9.59 Å². The molecule has 92 valence electrons. The van der Waals surface area contributed by atoms with Gasteiger partial charge in [-0.3, -0.25) is 9.59 Å². The van der Waals surface area contributed by atoms with Crippen LogP contribution in [-0.2, 0) is 9.53 Å². The quantitative estimate of drug-likeness (QED) is 0.706. The second-order valence-electron chi connectivity index (χ2n) is 3.30. The molecular formula is C10H13N3O4. The van der Waals surface area contributed by atoms with Crippen molar-refractivity contribution in [2.45, 2.75) is 12.5 Å². The van der Waals surface area contributed by atoms with Crippen LogP contribution in [0.3, 0.4) is 0 Å². The Hall–Kier alpha value is -2.02. The van der Waals surface area contributed by atoms with Crippen LogP contribution in [0, 0.1) is 0 Å². The SMILES string of the molecule is COC(CNC(=O)c1ccnnc1)CC(=O)O. The van der Waals surface area contributed by atoms with Gasteiger partial charge in [0.2, 0.25) is 0 Å². The first-order chi connectivity index (χ1) is 8.13. The summed E-state index contributed by atoms with van der Waals surface area (Å²) < 4.78 is 4.92. The van der Waals surface area contributed by atoms with E-state index < -0.39 is 12.1 Å². The lowest BCUT2D eigenvalue weighted by Crippen LogP contribution is -2.34. The lowest BCUT2D eigenvalue weighted by atomic mass is 10.2. The maximum Gasteiger partial charge on any atom is 0.306 e. The molecule has 7 heteroatoms. The van der Waals surface area contributed by atoms with Crippen molar-refractivity contribution >= 4 is 11.9 Å². The number of carboxylic acid groups (broad SMARTS) is 1. The topological polar surface area (TPSA) is 101 Å². The van der Waals surface area contributed by atoms with Crippen molar-refractivity contribution in [1.29, 1.82) is 0 Å². The number of aliphatic carboxylic acids is 1. The molecule has 1 atom stereocenters. The Morgan fingerprint density at radius 3 is 2.82 bits per heavy atom. The zero-order valence-electron chi connectivity index (χ0n) is 9.29. The van der Waals surface area contributed by atoms with Gasteiger partial charge in [-0.25, -0.2) is 0 Å². The van der Waals surface area contributed by atoms with Gasteiger partial charge in [-0.05, 0) is 6.07 Å². The molecule has 17 heavy (non-hydrogen) atoms. The zero-order chi connectivity index (χ0) is 12.7. The van der Waals surface area contributed by atoms with Gasteiger partial charge in [0.25, 0.3) is 5.91 Å². The molecule has 0 bridgehead atoms. The Labute approximate surface area is 97.8 Å². The van der Waals surface area contributed by atoms with Crippen LogP contribution in [0.25, 0.3) is 0 Å². The van der Waals surface area contributed by atoms with Gasteiger partial charge in [0.15, 0.2) is 0 Å². The number of amides is 1. The minimum atomic E-state index is -0.975. The molecule has 0 radical (unpaired) electrons. The number of hydrogen-bond acceptors (Lipinski definition) is 5. The number of carbonyl (C=O) groups excluding carboxylic acids is 1. The van der Waals surface area contributed by atoms with E-state index in [4.69, 9.17) is 9.84 Å². The lowest BCUT2D eigenvalue weighted by molar-refractivity contribution is -0.139. The van der Waals surface area contributed by atoms with E-state index in [1.54, 1.807) is 0 Å². The van der Waals surface area contributed by atoms with Gasteiger partial charge in [-0.1, -0.05) is 0 Å². The second kappa shape index (κ2) is 6.54. The number of ether oxygens (including phenoxy) is 1. The standard InChI is InChI=1S/C10H13N3O4/c1-17-8(4-9(14)15)6-11-10(16)7-2-3-12-13-5-7/h2-3,5,8H,4,6H2,1H3,(H,11,16)(H,14,15). The highest BCUT2D eigenvalue weighted by atomic mass is 16.5. The third-order valence-corrected chi connectivity index (χ3v) is 2.07. The van der Waals surface area contributed by atoms with E-state index in [0.29, 0.717) is 5.56 Å². The summed E-state index contributed by atoms with van der Waals surface area (Å²) in [7, 11) is 1.40. The highest BCUT2D eigenvalue weighted by Gasteiger charge is 2.14. The Morgan fingerprint density at radius 2 is 2.29 bits per heavy atom. The molecule has 7 nitrogen and oxygen atoms in total. The van der Waals surface area contributed by atoms with Crippen LogP contribution in [-0.4, -0.2) is 46.9 Å². The van der Waals surface area contributed by atoms with Gasteiger partial charge in [0.05, 0.1) is 30.5 Å². The van der Waals surface area contributed by atoms with E-state index in [0.717, 1.165) is 0 Å². The van der Waals surface area contributed by atoms with E-state index in [2.05, 4.69) is 15.5 Å².